The lowest BCUT2D eigenvalue weighted by molar-refractivity contribution is 0.563. The Hall–Kier alpha value is -1.87. The van der Waals surface area contributed by atoms with Crippen LogP contribution < -0.4 is 0 Å². The normalized spacial score (nSPS) is 10.2. The molecule has 0 amide bonds. The molecule has 0 aliphatic heterocycles. The summed E-state index contributed by atoms with van der Waals surface area (Å²) in [6.07, 6.45) is 19.3. The topological polar surface area (TPSA) is 0 Å². The van der Waals surface area contributed by atoms with Crippen molar-refractivity contribution in [3.05, 3.63) is 60.8 Å². The van der Waals surface area contributed by atoms with Gasteiger partial charge in [0.1, 0.15) is 0 Å². The molecule has 3 heterocycles. The van der Waals surface area contributed by atoms with Gasteiger partial charge < -0.3 is 0 Å². The van der Waals surface area contributed by atoms with Gasteiger partial charge in [-0.1, -0.05) is 70.6 Å². The highest BCUT2D eigenvalue weighted by Gasteiger charge is 2.00. The maximum absolute atomic E-state index is 5.42. The largest absolute Gasteiger partial charge is 0.120 e. The van der Waals surface area contributed by atoms with Gasteiger partial charge in [0.2, 0.25) is 0 Å². The summed E-state index contributed by atoms with van der Waals surface area (Å²) in [6, 6.07) is 12.4. The van der Waals surface area contributed by atoms with Crippen LogP contribution in [-0.2, 0) is 0 Å². The average molecular weight is 521 g/mol. The first-order chi connectivity index (χ1) is 16.8. The Bertz CT molecular complexity index is 1160. The maximum atomic E-state index is 5.42. The summed E-state index contributed by atoms with van der Waals surface area (Å²) in [5.74, 6) is 16.9. The second-order valence-electron chi connectivity index (χ2n) is 8.12. The summed E-state index contributed by atoms with van der Waals surface area (Å²) in [5.41, 5.74) is 0. The van der Waals surface area contributed by atoms with Crippen molar-refractivity contribution in [1.82, 2.24) is 0 Å². The van der Waals surface area contributed by atoms with Gasteiger partial charge >= 0.3 is 0 Å². The third-order valence-corrected chi connectivity index (χ3v) is 9.46. The molecule has 0 aliphatic rings. The molecule has 3 rings (SSSR count). The smallest absolute Gasteiger partial charge is 0.0785 e. The van der Waals surface area contributed by atoms with Gasteiger partial charge in [0, 0.05) is 0 Å². The van der Waals surface area contributed by atoms with E-state index in [0.29, 0.717) is 0 Å². The van der Waals surface area contributed by atoms with Crippen LogP contribution in [0.1, 0.15) is 95.5 Å². The number of thioether (sulfide) groups is 1. The number of rotatable bonds is 12. The monoisotopic (exact) mass is 520 g/mol. The van der Waals surface area contributed by atoms with Crippen molar-refractivity contribution >= 4 is 45.8 Å². The van der Waals surface area contributed by atoms with E-state index in [-0.39, 0.29) is 0 Å². The molecule has 0 radical (unpaired) electrons. The van der Waals surface area contributed by atoms with Gasteiger partial charge in [-0.2, -0.15) is 0 Å². The van der Waals surface area contributed by atoms with Crippen LogP contribution in [-0.4, -0.2) is 5.75 Å². The van der Waals surface area contributed by atoms with Gasteiger partial charge in [-0.25, -0.2) is 0 Å². The lowest BCUT2D eigenvalue weighted by atomic mass is 10.1. The molecule has 34 heavy (non-hydrogen) atoms. The third kappa shape index (κ3) is 10.2. The van der Waals surface area contributed by atoms with Crippen LogP contribution in [0, 0.1) is 36.0 Å². The fourth-order valence-electron chi connectivity index (χ4n) is 3.43. The second kappa shape index (κ2) is 15.9. The standard InChI is InChI=1S/C30H32S4/c1-3-5-6-7-8-9-10-11-12-13-24-31-30-23-22-29(34-30)21-20-28-19-18-27(33-28)17-16-26-15-14-25(4-2)32-26/h2,14-15,18-19,22-23H,3,5-13,24H2,1H3. The molecule has 0 aliphatic carbocycles. The number of terminal acetylenes is 1. The number of thiophene rings is 3. The predicted octanol–water partition coefficient (Wildman–Crippen LogP) is 9.66. The minimum Gasteiger partial charge on any atom is -0.120 e. The Kier molecular flexibility index (Phi) is 12.5. The van der Waals surface area contributed by atoms with Crippen LogP contribution in [0.15, 0.2) is 40.6 Å². The molecule has 0 fully saturated rings. The van der Waals surface area contributed by atoms with Crippen molar-refractivity contribution in [2.24, 2.45) is 0 Å². The van der Waals surface area contributed by atoms with Crippen molar-refractivity contribution in [3.63, 3.8) is 0 Å². The molecule has 0 nitrogen and oxygen atoms in total. The van der Waals surface area contributed by atoms with Gasteiger partial charge in [0.25, 0.3) is 0 Å². The van der Waals surface area contributed by atoms with Gasteiger partial charge in [0.15, 0.2) is 0 Å². The minimum absolute atomic E-state index is 0.916. The van der Waals surface area contributed by atoms with Crippen LogP contribution in [0.4, 0.5) is 0 Å². The summed E-state index contributed by atoms with van der Waals surface area (Å²) >= 11 is 6.97. The van der Waals surface area contributed by atoms with Crippen molar-refractivity contribution in [3.8, 4) is 36.0 Å². The first-order valence-electron chi connectivity index (χ1n) is 12.2. The maximum Gasteiger partial charge on any atom is 0.0785 e. The van der Waals surface area contributed by atoms with Crippen LogP contribution in [0.2, 0.25) is 0 Å². The van der Waals surface area contributed by atoms with Crippen LogP contribution in [0.25, 0.3) is 0 Å². The lowest BCUT2D eigenvalue weighted by Crippen LogP contribution is -1.83. The Labute approximate surface area is 222 Å². The Balaban J connectivity index is 1.34. The van der Waals surface area contributed by atoms with E-state index in [0.717, 1.165) is 24.4 Å². The Morgan fingerprint density at radius 3 is 1.56 bits per heavy atom. The molecule has 0 aromatic carbocycles. The molecule has 0 bridgehead atoms. The van der Waals surface area contributed by atoms with E-state index < -0.39 is 0 Å². The molecule has 0 saturated carbocycles. The highest BCUT2D eigenvalue weighted by Crippen LogP contribution is 2.28. The van der Waals surface area contributed by atoms with Crippen molar-refractivity contribution in [1.29, 1.82) is 0 Å². The predicted molar refractivity (Wildman–Crippen MR) is 155 cm³/mol. The quantitative estimate of drug-likeness (QED) is 0.130. The summed E-state index contributed by atoms with van der Waals surface area (Å²) in [7, 11) is 0. The molecule has 0 unspecified atom stereocenters. The van der Waals surface area contributed by atoms with E-state index >= 15 is 0 Å². The molecule has 4 heteroatoms. The SMILES string of the molecule is C#Cc1ccc(C#Cc2ccc(C#Cc3ccc(SCCCCCCCCCCCC)s3)s2)s1. The van der Waals surface area contributed by atoms with Crippen LogP contribution >= 0.6 is 45.8 Å². The van der Waals surface area contributed by atoms with Gasteiger partial charge in [-0.3, -0.25) is 0 Å². The summed E-state index contributed by atoms with van der Waals surface area (Å²) in [4.78, 5) is 5.12. The summed E-state index contributed by atoms with van der Waals surface area (Å²) in [6.45, 7) is 2.28. The van der Waals surface area contributed by atoms with Gasteiger partial charge in [0.05, 0.1) is 28.6 Å². The highest BCUT2D eigenvalue weighted by atomic mass is 32.2. The second-order valence-corrected chi connectivity index (χ2v) is 12.8. The molecule has 176 valence electrons. The van der Waals surface area contributed by atoms with E-state index in [1.807, 2.05) is 30.0 Å². The molecule has 0 spiro atoms. The van der Waals surface area contributed by atoms with E-state index in [1.54, 1.807) is 34.0 Å². The number of unbranched alkanes of at least 4 members (excludes halogenated alkanes) is 9. The van der Waals surface area contributed by atoms with Gasteiger partial charge in [-0.05, 0) is 72.3 Å². The van der Waals surface area contributed by atoms with Crippen molar-refractivity contribution in [2.75, 3.05) is 5.75 Å². The zero-order valence-corrected chi connectivity index (χ0v) is 23.2. The molecule has 0 atom stereocenters. The van der Waals surface area contributed by atoms with E-state index in [1.165, 1.54) is 74.2 Å². The van der Waals surface area contributed by atoms with Crippen LogP contribution in [0.3, 0.4) is 0 Å². The summed E-state index contributed by atoms with van der Waals surface area (Å²) < 4.78 is 1.38. The number of hydrogen-bond donors (Lipinski definition) is 0. The third-order valence-electron chi connectivity index (χ3n) is 5.30. The summed E-state index contributed by atoms with van der Waals surface area (Å²) in [5, 5.41) is 0. The van der Waals surface area contributed by atoms with E-state index in [4.69, 9.17) is 6.42 Å². The molecular formula is C30H32S4. The van der Waals surface area contributed by atoms with Crippen molar-refractivity contribution < 1.29 is 0 Å². The van der Waals surface area contributed by atoms with E-state index in [2.05, 4.69) is 54.7 Å². The zero-order valence-electron chi connectivity index (χ0n) is 20.0. The van der Waals surface area contributed by atoms with Crippen molar-refractivity contribution in [2.45, 2.75) is 75.3 Å². The zero-order chi connectivity index (χ0) is 23.8. The molecule has 3 aromatic heterocycles. The first kappa shape index (κ1) is 26.7. The molecular weight excluding hydrogens is 489 g/mol. The fourth-order valence-corrected chi connectivity index (χ4v) is 6.87. The Morgan fingerprint density at radius 1 is 0.588 bits per heavy atom. The van der Waals surface area contributed by atoms with Crippen LogP contribution in [0.5, 0.6) is 0 Å². The minimum atomic E-state index is 0.916. The fraction of sp³-hybridized carbons (Fsp3) is 0.400. The number of hydrogen-bond acceptors (Lipinski definition) is 4. The molecule has 3 aromatic rings. The molecule has 0 saturated heterocycles. The average Bonchev–Trinajstić information content (AvgIpc) is 3.61. The van der Waals surface area contributed by atoms with Gasteiger partial charge in [-0.15, -0.1) is 52.2 Å². The molecule has 0 N–H and O–H groups in total. The Morgan fingerprint density at radius 2 is 1.03 bits per heavy atom. The van der Waals surface area contributed by atoms with E-state index in [9.17, 15) is 0 Å². The highest BCUT2D eigenvalue weighted by molar-refractivity contribution is 8.01. The lowest BCUT2D eigenvalue weighted by Gasteiger charge is -2.02. The first-order valence-corrected chi connectivity index (χ1v) is 15.6.